The summed E-state index contributed by atoms with van der Waals surface area (Å²) in [4.78, 5) is 27.7. The quantitative estimate of drug-likeness (QED) is 0.740. The molecule has 1 N–H and O–H groups in total. The summed E-state index contributed by atoms with van der Waals surface area (Å²) in [7, 11) is 0. The molecular formula is C13H21N3O2. The molecule has 0 spiro atoms. The minimum absolute atomic E-state index is 0.270. The number of hydrogen-bond acceptors (Lipinski definition) is 3. The summed E-state index contributed by atoms with van der Waals surface area (Å²) in [5.41, 5.74) is 0. The fourth-order valence-corrected chi connectivity index (χ4v) is 3.36. The molecule has 0 radical (unpaired) electrons. The zero-order valence-electron chi connectivity index (χ0n) is 10.7. The van der Waals surface area contributed by atoms with Gasteiger partial charge in [-0.2, -0.15) is 0 Å². The Morgan fingerprint density at radius 1 is 1.33 bits per heavy atom. The van der Waals surface area contributed by atoms with Gasteiger partial charge in [0.15, 0.2) is 0 Å². The second kappa shape index (κ2) is 4.88. The van der Waals surface area contributed by atoms with Crippen molar-refractivity contribution in [2.75, 3.05) is 32.7 Å². The number of nitrogens with one attached hydrogen (secondary N) is 1. The van der Waals surface area contributed by atoms with Crippen molar-refractivity contribution in [1.82, 2.24) is 15.1 Å². The topological polar surface area (TPSA) is 52.7 Å². The molecule has 3 aliphatic heterocycles. The van der Waals surface area contributed by atoms with Crippen molar-refractivity contribution in [1.29, 1.82) is 0 Å². The zero-order chi connectivity index (χ0) is 12.5. The van der Waals surface area contributed by atoms with E-state index < -0.39 is 0 Å². The lowest BCUT2D eigenvalue weighted by atomic mass is 10.0. The number of carbonyl (C=O) groups is 2. The third kappa shape index (κ3) is 2.23. The van der Waals surface area contributed by atoms with E-state index in [4.69, 9.17) is 0 Å². The number of piperazine rings is 1. The highest BCUT2D eigenvalue weighted by Crippen LogP contribution is 2.24. The van der Waals surface area contributed by atoms with Crippen LogP contribution in [0.25, 0.3) is 0 Å². The minimum atomic E-state index is 0.270. The molecule has 3 heterocycles. The van der Waals surface area contributed by atoms with Gasteiger partial charge < -0.3 is 15.1 Å². The lowest BCUT2D eigenvalue weighted by molar-refractivity contribution is -0.139. The van der Waals surface area contributed by atoms with Gasteiger partial charge in [0.05, 0.1) is 0 Å². The molecule has 100 valence electrons. The SMILES string of the molecule is O=C(CC1CCNC1)N1CCN2C(=O)CCC2C1. The van der Waals surface area contributed by atoms with E-state index in [1.807, 2.05) is 9.80 Å². The number of carbonyl (C=O) groups excluding carboxylic acids is 2. The van der Waals surface area contributed by atoms with Gasteiger partial charge >= 0.3 is 0 Å². The maximum absolute atomic E-state index is 12.2. The lowest BCUT2D eigenvalue weighted by Crippen LogP contribution is -2.53. The molecular weight excluding hydrogens is 230 g/mol. The molecule has 3 aliphatic rings. The first-order chi connectivity index (χ1) is 8.74. The summed E-state index contributed by atoms with van der Waals surface area (Å²) in [6.07, 6.45) is 3.38. The molecule has 18 heavy (non-hydrogen) atoms. The van der Waals surface area contributed by atoms with Crippen LogP contribution in [0.4, 0.5) is 0 Å². The van der Waals surface area contributed by atoms with Crippen LogP contribution in [0.3, 0.4) is 0 Å². The smallest absolute Gasteiger partial charge is 0.223 e. The van der Waals surface area contributed by atoms with E-state index in [0.717, 1.165) is 45.6 Å². The van der Waals surface area contributed by atoms with Crippen LogP contribution in [0.15, 0.2) is 0 Å². The van der Waals surface area contributed by atoms with Gasteiger partial charge in [0.2, 0.25) is 11.8 Å². The molecule has 2 atom stereocenters. The Hall–Kier alpha value is -1.10. The highest BCUT2D eigenvalue weighted by molar-refractivity contribution is 5.80. The molecule has 0 saturated carbocycles. The summed E-state index contributed by atoms with van der Waals surface area (Å²) in [6, 6.07) is 0.289. The zero-order valence-corrected chi connectivity index (χ0v) is 10.7. The molecule has 2 unspecified atom stereocenters. The Kier molecular flexibility index (Phi) is 3.24. The van der Waals surface area contributed by atoms with Crippen molar-refractivity contribution in [3.8, 4) is 0 Å². The summed E-state index contributed by atoms with van der Waals surface area (Å²) in [6.45, 7) is 4.24. The molecule has 5 heteroatoms. The normalized spacial score (nSPS) is 31.9. The predicted molar refractivity (Wildman–Crippen MR) is 66.9 cm³/mol. The Morgan fingerprint density at radius 3 is 3.00 bits per heavy atom. The van der Waals surface area contributed by atoms with E-state index in [1.165, 1.54) is 0 Å². The van der Waals surface area contributed by atoms with E-state index in [2.05, 4.69) is 5.32 Å². The van der Waals surface area contributed by atoms with Gasteiger partial charge in [-0.15, -0.1) is 0 Å². The molecule has 0 aromatic rings. The lowest BCUT2D eigenvalue weighted by Gasteiger charge is -2.38. The molecule has 5 nitrogen and oxygen atoms in total. The molecule has 2 amide bonds. The van der Waals surface area contributed by atoms with Gasteiger partial charge in [-0.05, 0) is 31.8 Å². The molecule has 0 aliphatic carbocycles. The Labute approximate surface area is 107 Å². The molecule has 3 saturated heterocycles. The summed E-state index contributed by atoms with van der Waals surface area (Å²) < 4.78 is 0. The third-order valence-corrected chi connectivity index (χ3v) is 4.47. The van der Waals surface area contributed by atoms with Gasteiger partial charge in [-0.1, -0.05) is 0 Å². The molecule has 0 aromatic carbocycles. The molecule has 3 rings (SSSR count). The van der Waals surface area contributed by atoms with Crippen molar-refractivity contribution in [3.05, 3.63) is 0 Å². The van der Waals surface area contributed by atoms with Crippen molar-refractivity contribution < 1.29 is 9.59 Å². The first-order valence-electron chi connectivity index (χ1n) is 7.02. The first kappa shape index (κ1) is 12.0. The molecule has 0 bridgehead atoms. The van der Waals surface area contributed by atoms with Gasteiger partial charge in [-0.25, -0.2) is 0 Å². The van der Waals surface area contributed by atoms with Crippen LogP contribution >= 0.6 is 0 Å². The molecule has 0 aromatic heterocycles. The fraction of sp³-hybridized carbons (Fsp3) is 0.846. The maximum Gasteiger partial charge on any atom is 0.223 e. The van der Waals surface area contributed by atoms with Crippen LogP contribution in [-0.4, -0.2) is 60.4 Å². The summed E-state index contributed by atoms with van der Waals surface area (Å²) in [5, 5.41) is 3.30. The average molecular weight is 251 g/mol. The van der Waals surface area contributed by atoms with Crippen molar-refractivity contribution in [2.24, 2.45) is 5.92 Å². The van der Waals surface area contributed by atoms with Crippen LogP contribution < -0.4 is 5.32 Å². The van der Waals surface area contributed by atoms with Crippen molar-refractivity contribution >= 4 is 11.8 Å². The Morgan fingerprint density at radius 2 is 2.22 bits per heavy atom. The van der Waals surface area contributed by atoms with Crippen LogP contribution in [0, 0.1) is 5.92 Å². The minimum Gasteiger partial charge on any atom is -0.339 e. The van der Waals surface area contributed by atoms with Crippen molar-refractivity contribution in [2.45, 2.75) is 31.7 Å². The molecule has 3 fully saturated rings. The second-order valence-corrected chi connectivity index (χ2v) is 5.68. The van der Waals surface area contributed by atoms with E-state index in [9.17, 15) is 9.59 Å². The highest BCUT2D eigenvalue weighted by atomic mass is 16.2. The number of rotatable bonds is 2. The largest absolute Gasteiger partial charge is 0.339 e. The highest BCUT2D eigenvalue weighted by Gasteiger charge is 2.37. The van der Waals surface area contributed by atoms with Gasteiger partial charge in [-0.3, -0.25) is 9.59 Å². The summed E-state index contributed by atoms with van der Waals surface area (Å²) >= 11 is 0. The average Bonchev–Trinajstić information content (AvgIpc) is 2.99. The third-order valence-electron chi connectivity index (χ3n) is 4.47. The van der Waals surface area contributed by atoms with Crippen molar-refractivity contribution in [3.63, 3.8) is 0 Å². The number of amides is 2. The number of nitrogens with zero attached hydrogens (tertiary/aromatic N) is 2. The van der Waals surface area contributed by atoms with Crippen LogP contribution in [0.5, 0.6) is 0 Å². The predicted octanol–water partition coefficient (Wildman–Crippen LogP) is -0.181. The van der Waals surface area contributed by atoms with Gasteiger partial charge in [0.1, 0.15) is 0 Å². The first-order valence-corrected chi connectivity index (χ1v) is 7.02. The monoisotopic (exact) mass is 251 g/mol. The Bertz CT molecular complexity index is 352. The van der Waals surface area contributed by atoms with E-state index in [1.54, 1.807) is 0 Å². The standard InChI is InChI=1S/C13H21N3O2/c17-12-2-1-11-9-15(5-6-16(11)12)13(18)7-10-3-4-14-8-10/h10-11,14H,1-9H2. The van der Waals surface area contributed by atoms with Crippen LogP contribution in [-0.2, 0) is 9.59 Å². The van der Waals surface area contributed by atoms with Crippen LogP contribution in [0.1, 0.15) is 25.7 Å². The van der Waals surface area contributed by atoms with Gasteiger partial charge in [0, 0.05) is 38.5 Å². The number of hydrogen-bond donors (Lipinski definition) is 1. The van der Waals surface area contributed by atoms with Crippen LogP contribution in [0.2, 0.25) is 0 Å². The summed E-state index contributed by atoms with van der Waals surface area (Å²) in [5.74, 6) is 1.07. The maximum atomic E-state index is 12.2. The second-order valence-electron chi connectivity index (χ2n) is 5.68. The van der Waals surface area contributed by atoms with E-state index in [0.29, 0.717) is 18.8 Å². The van der Waals surface area contributed by atoms with E-state index in [-0.39, 0.29) is 17.9 Å². The van der Waals surface area contributed by atoms with Gasteiger partial charge in [0.25, 0.3) is 0 Å². The fourth-order valence-electron chi connectivity index (χ4n) is 3.36. The van der Waals surface area contributed by atoms with E-state index >= 15 is 0 Å². The number of fused-ring (bicyclic) bond motifs is 1. The Balaban J connectivity index is 1.54.